The largest absolute Gasteiger partial charge is 1.00 e. The van der Waals surface area contributed by atoms with E-state index in [4.69, 9.17) is 4.42 Å². The van der Waals surface area contributed by atoms with E-state index in [0.29, 0.717) is 29.7 Å². The molecule has 0 aliphatic carbocycles. The zero-order valence-corrected chi connectivity index (χ0v) is 14.2. The van der Waals surface area contributed by atoms with Gasteiger partial charge in [-0.2, -0.15) is 9.35 Å². The molecule has 0 unspecified atom stereocenters. The molecule has 2 aliphatic rings. The van der Waals surface area contributed by atoms with Gasteiger partial charge in [0, 0.05) is 13.5 Å². The molecule has 2 aliphatic heterocycles. The SMILES string of the molecule is Cc1nnc([C@H]2CC[C@@H]3CN2C(=O)N3OS(=O)(=O)[O-])o1.[Na+]. The summed E-state index contributed by atoms with van der Waals surface area (Å²) >= 11 is 0. The molecule has 21 heavy (non-hydrogen) atoms. The zero-order chi connectivity index (χ0) is 14.5. The molecule has 0 aromatic carbocycles. The normalized spacial score (nSPS) is 25.1. The van der Waals surface area contributed by atoms with E-state index >= 15 is 0 Å². The minimum Gasteiger partial charge on any atom is -0.724 e. The van der Waals surface area contributed by atoms with Crippen molar-refractivity contribution in [1.29, 1.82) is 0 Å². The van der Waals surface area contributed by atoms with Crippen LogP contribution in [0.25, 0.3) is 0 Å². The van der Waals surface area contributed by atoms with Crippen LogP contribution in [0.3, 0.4) is 0 Å². The second kappa shape index (κ2) is 5.82. The van der Waals surface area contributed by atoms with Crippen LogP contribution in [0.5, 0.6) is 0 Å². The van der Waals surface area contributed by atoms with Gasteiger partial charge in [-0.3, -0.25) is 0 Å². The van der Waals surface area contributed by atoms with Crippen molar-refractivity contribution < 1.29 is 56.0 Å². The maximum atomic E-state index is 12.1. The van der Waals surface area contributed by atoms with Crippen LogP contribution >= 0.6 is 0 Å². The van der Waals surface area contributed by atoms with Gasteiger partial charge in [0.2, 0.25) is 22.2 Å². The quantitative estimate of drug-likeness (QED) is 0.321. The number of amides is 2. The number of fused-ring (bicyclic) bond motifs is 2. The van der Waals surface area contributed by atoms with E-state index in [2.05, 4.69) is 14.5 Å². The minimum absolute atomic E-state index is 0. The van der Waals surface area contributed by atoms with Crippen LogP contribution in [0.1, 0.15) is 30.7 Å². The topological polar surface area (TPSA) is 129 Å². The van der Waals surface area contributed by atoms with Gasteiger partial charge in [0.1, 0.15) is 6.04 Å². The molecule has 0 radical (unpaired) electrons. The molecule has 3 rings (SSSR count). The molecule has 0 N–H and O–H groups in total. The number of rotatable bonds is 3. The number of carbonyl (C=O) groups is 1. The maximum Gasteiger partial charge on any atom is 1.00 e. The number of carbonyl (C=O) groups excluding carboxylic acids is 1. The first kappa shape index (κ1) is 16.6. The van der Waals surface area contributed by atoms with Gasteiger partial charge >= 0.3 is 35.6 Å². The summed E-state index contributed by atoms with van der Waals surface area (Å²) in [5.74, 6) is 0.671. The molecule has 110 valence electrons. The molecular weight excluding hydrogens is 315 g/mol. The van der Waals surface area contributed by atoms with E-state index in [9.17, 15) is 17.8 Å². The van der Waals surface area contributed by atoms with E-state index < -0.39 is 28.5 Å². The third kappa shape index (κ3) is 3.22. The van der Waals surface area contributed by atoms with Crippen LogP contribution in [-0.4, -0.2) is 51.7 Å². The van der Waals surface area contributed by atoms with Crippen molar-refractivity contribution in [2.45, 2.75) is 31.8 Å². The fourth-order valence-corrected chi connectivity index (χ4v) is 2.91. The Bertz CT molecular complexity index is 648. The van der Waals surface area contributed by atoms with E-state index in [1.165, 1.54) is 4.90 Å². The molecule has 2 saturated heterocycles. The molecular formula is C9H11N4NaO6S. The average molecular weight is 326 g/mol. The van der Waals surface area contributed by atoms with Crippen LogP contribution in [0.15, 0.2) is 4.42 Å². The van der Waals surface area contributed by atoms with Crippen LogP contribution in [-0.2, 0) is 14.7 Å². The van der Waals surface area contributed by atoms with Gasteiger partial charge in [-0.25, -0.2) is 13.2 Å². The number of hydroxylamine groups is 2. The van der Waals surface area contributed by atoms with Crippen molar-refractivity contribution in [3.05, 3.63) is 11.8 Å². The molecule has 0 saturated carbocycles. The predicted molar refractivity (Wildman–Crippen MR) is 59.5 cm³/mol. The summed E-state index contributed by atoms with van der Waals surface area (Å²) in [6.07, 6.45) is 1.00. The van der Waals surface area contributed by atoms with E-state index in [0.717, 1.165) is 0 Å². The third-order valence-electron chi connectivity index (χ3n) is 3.32. The van der Waals surface area contributed by atoms with Crippen molar-refractivity contribution in [2.24, 2.45) is 0 Å². The second-order valence-electron chi connectivity index (χ2n) is 4.65. The van der Waals surface area contributed by atoms with Gasteiger partial charge in [0.05, 0.1) is 6.04 Å². The molecule has 2 amide bonds. The maximum absolute atomic E-state index is 12.1. The smallest absolute Gasteiger partial charge is 0.724 e. The number of nitrogens with zero attached hydrogens (tertiary/aromatic N) is 4. The third-order valence-corrected chi connectivity index (χ3v) is 3.66. The number of aromatic nitrogens is 2. The Morgan fingerprint density at radius 3 is 2.67 bits per heavy atom. The van der Waals surface area contributed by atoms with Crippen LogP contribution in [0.2, 0.25) is 0 Å². The monoisotopic (exact) mass is 326 g/mol. The Balaban J connectivity index is 0.00000161. The molecule has 12 heteroatoms. The molecule has 0 spiro atoms. The zero-order valence-electron chi connectivity index (χ0n) is 11.4. The van der Waals surface area contributed by atoms with Crippen molar-refractivity contribution in [3.63, 3.8) is 0 Å². The fraction of sp³-hybridized carbons (Fsp3) is 0.667. The summed E-state index contributed by atoms with van der Waals surface area (Å²) in [4.78, 5) is 13.5. The van der Waals surface area contributed by atoms with Crippen molar-refractivity contribution in [1.82, 2.24) is 20.2 Å². The van der Waals surface area contributed by atoms with Gasteiger partial charge < -0.3 is 13.9 Å². The minimum atomic E-state index is -4.98. The van der Waals surface area contributed by atoms with Crippen LogP contribution in [0, 0.1) is 6.92 Å². The predicted octanol–water partition coefficient (Wildman–Crippen LogP) is -3.29. The molecule has 1 aromatic rings. The summed E-state index contributed by atoms with van der Waals surface area (Å²) in [6, 6.07) is -1.58. The van der Waals surface area contributed by atoms with Crippen LogP contribution in [0.4, 0.5) is 4.79 Å². The number of piperidine rings is 1. The standard InChI is InChI=1S/C9H12N4O6S.Na/c1-5-10-11-8(18-5)7-3-2-6-4-12(7)9(14)13(6)19-20(15,16)17;/h6-7H,2-4H2,1H3,(H,15,16,17);/q;+1/p-1/t6-,7-;/m1./s1. The Morgan fingerprint density at radius 2 is 2.10 bits per heavy atom. The van der Waals surface area contributed by atoms with Crippen molar-refractivity contribution >= 4 is 16.4 Å². The summed E-state index contributed by atoms with van der Waals surface area (Å²) in [7, 11) is -4.98. The van der Waals surface area contributed by atoms with Gasteiger partial charge in [-0.1, -0.05) is 0 Å². The molecule has 2 fully saturated rings. The summed E-state index contributed by atoms with van der Waals surface area (Å²) in [5, 5.41) is 8.19. The Hall–Kier alpha value is -0.720. The molecule has 2 bridgehead atoms. The first-order chi connectivity index (χ1) is 9.35. The number of urea groups is 1. The Kier molecular flexibility index (Phi) is 4.61. The number of aryl methyl sites for hydroxylation is 1. The van der Waals surface area contributed by atoms with Gasteiger partial charge in [-0.15, -0.1) is 10.2 Å². The van der Waals surface area contributed by atoms with Crippen LogP contribution < -0.4 is 29.6 Å². The molecule has 1 aromatic heterocycles. The summed E-state index contributed by atoms with van der Waals surface area (Å²) in [5.41, 5.74) is 0. The molecule has 2 atom stereocenters. The second-order valence-corrected chi connectivity index (χ2v) is 5.62. The average Bonchev–Trinajstić information content (AvgIpc) is 2.88. The summed E-state index contributed by atoms with van der Waals surface area (Å²) in [6.45, 7) is 1.88. The van der Waals surface area contributed by atoms with Gasteiger partial charge in [0.25, 0.3) is 0 Å². The first-order valence-corrected chi connectivity index (χ1v) is 7.24. The van der Waals surface area contributed by atoms with E-state index in [-0.39, 0.29) is 36.1 Å². The number of hydrogen-bond acceptors (Lipinski definition) is 8. The van der Waals surface area contributed by atoms with E-state index in [1.807, 2.05) is 0 Å². The van der Waals surface area contributed by atoms with Crippen molar-refractivity contribution in [3.8, 4) is 0 Å². The van der Waals surface area contributed by atoms with Crippen molar-refractivity contribution in [2.75, 3.05) is 6.54 Å². The van der Waals surface area contributed by atoms with Gasteiger partial charge in [0.15, 0.2) is 0 Å². The van der Waals surface area contributed by atoms with Gasteiger partial charge in [-0.05, 0) is 12.8 Å². The fourth-order valence-electron chi connectivity index (χ4n) is 2.53. The summed E-state index contributed by atoms with van der Waals surface area (Å²) < 4.78 is 41.4. The first-order valence-electron chi connectivity index (χ1n) is 5.90. The Morgan fingerprint density at radius 1 is 1.38 bits per heavy atom. The Labute approximate surface area is 142 Å². The van der Waals surface area contributed by atoms with E-state index in [1.54, 1.807) is 6.92 Å². The number of hydrogen-bond donors (Lipinski definition) is 0. The molecule has 3 heterocycles. The molecule has 10 nitrogen and oxygen atoms in total.